The van der Waals surface area contributed by atoms with Gasteiger partial charge in [-0.15, -0.1) is 0 Å². The Kier molecular flexibility index (Phi) is 4.22. The molecule has 1 aromatic heterocycles. The maximum atomic E-state index is 11.6. The molecule has 6 nitrogen and oxygen atoms in total. The van der Waals surface area contributed by atoms with Gasteiger partial charge in [-0.3, -0.25) is 9.59 Å². The van der Waals surface area contributed by atoms with E-state index in [0.29, 0.717) is 17.9 Å². The Morgan fingerprint density at radius 2 is 2.10 bits per heavy atom. The number of aliphatic carboxylic acids is 1. The number of hydrogen-bond donors (Lipinski definition) is 2. The Labute approximate surface area is 117 Å². The number of pyridine rings is 1. The molecule has 1 aliphatic rings. The van der Waals surface area contributed by atoms with Gasteiger partial charge in [0.05, 0.1) is 12.0 Å². The third kappa shape index (κ3) is 3.07. The second-order valence-electron chi connectivity index (χ2n) is 5.10. The second-order valence-corrected chi connectivity index (χ2v) is 5.10. The van der Waals surface area contributed by atoms with Crippen molar-refractivity contribution in [1.29, 1.82) is 0 Å². The van der Waals surface area contributed by atoms with Crippen LogP contribution in [0.15, 0.2) is 6.07 Å². The first-order valence-electron chi connectivity index (χ1n) is 6.74. The van der Waals surface area contributed by atoms with Crippen molar-refractivity contribution in [2.24, 2.45) is 5.73 Å². The van der Waals surface area contributed by atoms with E-state index in [1.807, 2.05) is 6.07 Å². The summed E-state index contributed by atoms with van der Waals surface area (Å²) in [5, 5.41) is 8.74. The molecule has 20 heavy (non-hydrogen) atoms. The molecule has 3 N–H and O–H groups in total. The quantitative estimate of drug-likeness (QED) is 0.836. The lowest BCUT2D eigenvalue weighted by molar-refractivity contribution is -0.136. The predicted molar refractivity (Wildman–Crippen MR) is 74.9 cm³/mol. The minimum Gasteiger partial charge on any atom is -0.481 e. The van der Waals surface area contributed by atoms with Crippen molar-refractivity contribution in [3.8, 4) is 0 Å². The molecule has 1 aliphatic carbocycles. The van der Waals surface area contributed by atoms with Gasteiger partial charge in [0.2, 0.25) is 0 Å². The summed E-state index contributed by atoms with van der Waals surface area (Å²) >= 11 is 0. The molecule has 0 bridgehead atoms. The number of aryl methyl sites for hydroxylation is 2. The van der Waals surface area contributed by atoms with Crippen LogP contribution in [0.4, 0.5) is 5.82 Å². The minimum absolute atomic E-state index is 0.00648. The number of carboxylic acid groups (broad SMARTS) is 1. The van der Waals surface area contributed by atoms with Gasteiger partial charge in [0.15, 0.2) is 0 Å². The molecule has 108 valence electrons. The smallest absolute Gasteiger partial charge is 0.305 e. The Morgan fingerprint density at radius 1 is 1.40 bits per heavy atom. The fraction of sp³-hybridized carbons (Fsp3) is 0.500. The van der Waals surface area contributed by atoms with E-state index in [1.165, 1.54) is 0 Å². The van der Waals surface area contributed by atoms with Gasteiger partial charge in [-0.2, -0.15) is 0 Å². The largest absolute Gasteiger partial charge is 0.481 e. The summed E-state index contributed by atoms with van der Waals surface area (Å²) in [7, 11) is 1.73. The number of primary amides is 1. The molecular formula is C14H19N3O3. The topological polar surface area (TPSA) is 96.5 Å². The average Bonchev–Trinajstić information content (AvgIpc) is 2.43. The van der Waals surface area contributed by atoms with Crippen molar-refractivity contribution in [3.05, 3.63) is 22.9 Å². The van der Waals surface area contributed by atoms with Gasteiger partial charge >= 0.3 is 5.97 Å². The summed E-state index contributed by atoms with van der Waals surface area (Å²) in [6.45, 7) is 0.293. The van der Waals surface area contributed by atoms with Crippen LogP contribution in [0.2, 0.25) is 0 Å². The van der Waals surface area contributed by atoms with Crippen LogP contribution in [0.25, 0.3) is 0 Å². The Balaban J connectivity index is 2.34. The first-order valence-corrected chi connectivity index (χ1v) is 6.74. The number of carbonyl (C=O) groups excluding carboxylic acids is 1. The summed E-state index contributed by atoms with van der Waals surface area (Å²) in [5.74, 6) is -0.919. The standard InChI is InChI=1S/C14H19N3O3/c1-17(7-6-12(18)19)14-10(13(15)20)8-9-4-2-3-5-11(9)16-14/h8H,2-7H2,1H3,(H2,15,20)(H,18,19). The lowest BCUT2D eigenvalue weighted by Crippen LogP contribution is -2.27. The maximum Gasteiger partial charge on any atom is 0.305 e. The summed E-state index contributed by atoms with van der Waals surface area (Å²) in [5.41, 5.74) is 7.88. The third-order valence-electron chi connectivity index (χ3n) is 3.57. The fourth-order valence-electron chi connectivity index (χ4n) is 2.46. The molecule has 0 radical (unpaired) electrons. The number of aromatic nitrogens is 1. The van der Waals surface area contributed by atoms with Crippen LogP contribution in [0.1, 0.15) is 40.9 Å². The lowest BCUT2D eigenvalue weighted by atomic mass is 9.94. The van der Waals surface area contributed by atoms with Gasteiger partial charge in [0.1, 0.15) is 5.82 Å². The minimum atomic E-state index is -0.879. The number of nitrogens with two attached hydrogens (primary N) is 1. The number of hydrogen-bond acceptors (Lipinski definition) is 4. The summed E-state index contributed by atoms with van der Waals surface area (Å²) in [6, 6.07) is 1.82. The SMILES string of the molecule is CN(CCC(=O)O)c1nc2c(cc1C(N)=O)CCCC2. The van der Waals surface area contributed by atoms with Crippen molar-refractivity contribution in [2.45, 2.75) is 32.1 Å². The van der Waals surface area contributed by atoms with Gasteiger partial charge in [0.25, 0.3) is 5.91 Å². The van der Waals surface area contributed by atoms with Gasteiger partial charge in [-0.25, -0.2) is 4.98 Å². The van der Waals surface area contributed by atoms with Crippen LogP contribution >= 0.6 is 0 Å². The zero-order chi connectivity index (χ0) is 14.7. The van der Waals surface area contributed by atoms with Gasteiger partial charge in [0, 0.05) is 19.3 Å². The van der Waals surface area contributed by atoms with Crippen LogP contribution in [0.5, 0.6) is 0 Å². The highest BCUT2D eigenvalue weighted by Crippen LogP contribution is 2.26. The Hall–Kier alpha value is -2.11. The van der Waals surface area contributed by atoms with Crippen molar-refractivity contribution in [2.75, 3.05) is 18.5 Å². The van der Waals surface area contributed by atoms with E-state index in [9.17, 15) is 9.59 Å². The van der Waals surface area contributed by atoms with Crippen molar-refractivity contribution < 1.29 is 14.7 Å². The van der Waals surface area contributed by atoms with Crippen molar-refractivity contribution in [1.82, 2.24) is 4.98 Å². The summed E-state index contributed by atoms with van der Waals surface area (Å²) in [6.07, 6.45) is 4.00. The molecule has 2 rings (SSSR count). The maximum absolute atomic E-state index is 11.6. The normalized spacial score (nSPS) is 13.7. The highest BCUT2D eigenvalue weighted by molar-refractivity contribution is 5.98. The van der Waals surface area contributed by atoms with Crippen molar-refractivity contribution >= 4 is 17.7 Å². The molecule has 0 fully saturated rings. The fourth-order valence-corrected chi connectivity index (χ4v) is 2.46. The molecule has 0 atom stereocenters. The van der Waals surface area contributed by atoms with Crippen molar-refractivity contribution in [3.63, 3.8) is 0 Å². The van der Waals surface area contributed by atoms with Crippen LogP contribution in [-0.4, -0.2) is 35.6 Å². The number of carboxylic acids is 1. The van der Waals surface area contributed by atoms with Crippen LogP contribution in [0.3, 0.4) is 0 Å². The Morgan fingerprint density at radius 3 is 2.75 bits per heavy atom. The zero-order valence-electron chi connectivity index (χ0n) is 11.6. The van der Waals surface area contributed by atoms with Crippen LogP contribution < -0.4 is 10.6 Å². The van der Waals surface area contributed by atoms with E-state index in [0.717, 1.165) is 36.9 Å². The number of nitrogens with zero attached hydrogens (tertiary/aromatic N) is 2. The number of anilines is 1. The molecule has 0 saturated carbocycles. The van der Waals surface area contributed by atoms with E-state index in [4.69, 9.17) is 10.8 Å². The molecule has 0 aromatic carbocycles. The van der Waals surface area contributed by atoms with E-state index in [-0.39, 0.29) is 6.42 Å². The molecular weight excluding hydrogens is 258 g/mol. The van der Waals surface area contributed by atoms with Crippen LogP contribution in [0, 0.1) is 0 Å². The van der Waals surface area contributed by atoms with E-state index in [1.54, 1.807) is 11.9 Å². The monoisotopic (exact) mass is 277 g/mol. The van der Waals surface area contributed by atoms with Crippen LogP contribution in [-0.2, 0) is 17.6 Å². The highest BCUT2D eigenvalue weighted by Gasteiger charge is 2.20. The lowest BCUT2D eigenvalue weighted by Gasteiger charge is -2.23. The molecule has 0 aliphatic heterocycles. The molecule has 6 heteroatoms. The summed E-state index contributed by atoms with van der Waals surface area (Å²) < 4.78 is 0. The van der Waals surface area contributed by atoms with Gasteiger partial charge in [-0.1, -0.05) is 0 Å². The zero-order valence-corrected chi connectivity index (χ0v) is 11.6. The van der Waals surface area contributed by atoms with Gasteiger partial charge < -0.3 is 15.7 Å². The summed E-state index contributed by atoms with van der Waals surface area (Å²) in [4.78, 5) is 28.5. The molecule has 1 aromatic rings. The molecule has 1 amide bonds. The predicted octanol–water partition coefficient (Wildman–Crippen LogP) is 0.970. The Bertz CT molecular complexity index is 543. The number of fused-ring (bicyclic) bond motifs is 1. The second kappa shape index (κ2) is 5.90. The first-order chi connectivity index (χ1) is 9.49. The first kappa shape index (κ1) is 14.3. The number of amides is 1. The molecule has 1 heterocycles. The highest BCUT2D eigenvalue weighted by atomic mass is 16.4. The average molecular weight is 277 g/mol. The van der Waals surface area contributed by atoms with E-state index >= 15 is 0 Å². The number of rotatable bonds is 5. The molecule has 0 spiro atoms. The molecule has 0 unspecified atom stereocenters. The number of carbonyl (C=O) groups is 2. The van der Waals surface area contributed by atoms with E-state index in [2.05, 4.69) is 4.98 Å². The third-order valence-corrected chi connectivity index (χ3v) is 3.57. The molecule has 0 saturated heterocycles. The van der Waals surface area contributed by atoms with Gasteiger partial charge in [-0.05, 0) is 37.3 Å². The van der Waals surface area contributed by atoms with E-state index < -0.39 is 11.9 Å².